The fourth-order valence-electron chi connectivity index (χ4n) is 1.02. The van der Waals surface area contributed by atoms with Crippen LogP contribution in [0.15, 0.2) is 45.9 Å². The van der Waals surface area contributed by atoms with Crippen molar-refractivity contribution in [1.82, 2.24) is 0 Å². The van der Waals surface area contributed by atoms with E-state index in [1.54, 1.807) is 6.26 Å². The van der Waals surface area contributed by atoms with E-state index in [4.69, 9.17) is 8.83 Å². The van der Waals surface area contributed by atoms with Crippen molar-refractivity contribution in [3.05, 3.63) is 54.4 Å². The molecule has 2 heterocycles. The Bertz CT molecular complexity index is 408. The number of rotatable bonds is 1. The Morgan fingerprint density at radius 2 is 1.81 bits per heavy atom. The summed E-state index contributed by atoms with van der Waals surface area (Å²) in [5.41, 5.74) is 0.975. The fraction of sp³-hybridized carbons (Fsp3) is 0.286. The van der Waals surface area contributed by atoms with E-state index in [1.165, 1.54) is 0 Å². The van der Waals surface area contributed by atoms with Gasteiger partial charge in [0.05, 0.1) is 6.26 Å². The lowest BCUT2D eigenvalue weighted by molar-refractivity contribution is 0.521. The summed E-state index contributed by atoms with van der Waals surface area (Å²) in [5, 5.41) is 0. The van der Waals surface area contributed by atoms with Crippen LogP contribution in [0.25, 0.3) is 5.57 Å². The average molecular weight is 220 g/mol. The highest BCUT2D eigenvalue weighted by molar-refractivity contribution is 5.56. The molecule has 0 aromatic carbocycles. The van der Waals surface area contributed by atoms with E-state index in [9.17, 15) is 0 Å². The molecule has 0 saturated carbocycles. The van der Waals surface area contributed by atoms with Gasteiger partial charge in [-0.1, -0.05) is 14.0 Å². The Balaban J connectivity index is 0.000000283. The van der Waals surface area contributed by atoms with Crippen LogP contribution in [0, 0.1) is 13.8 Å². The van der Waals surface area contributed by atoms with Crippen LogP contribution >= 0.6 is 0 Å². The molecule has 0 aliphatic rings. The Labute approximate surface area is 97.6 Å². The van der Waals surface area contributed by atoms with Crippen molar-refractivity contribution < 1.29 is 8.83 Å². The third-order valence-electron chi connectivity index (χ3n) is 1.82. The second-order valence-corrected chi connectivity index (χ2v) is 3.41. The number of hydrogen-bond acceptors (Lipinski definition) is 2. The lowest BCUT2D eigenvalue weighted by Gasteiger charge is -1.88. The van der Waals surface area contributed by atoms with Gasteiger partial charge in [0.15, 0.2) is 0 Å². The van der Waals surface area contributed by atoms with Crippen LogP contribution in [0.2, 0.25) is 0 Å². The van der Waals surface area contributed by atoms with E-state index < -0.39 is 0 Å². The third kappa shape index (κ3) is 4.69. The SMILES string of the molecule is C.C=C(C)c1ccc(C)o1.Cc1ccco1. The zero-order valence-corrected chi connectivity index (χ0v) is 9.41. The Hall–Kier alpha value is -1.70. The molecule has 0 atom stereocenters. The molecule has 0 amide bonds. The number of allylic oxidation sites excluding steroid dienone is 1. The maximum atomic E-state index is 5.25. The van der Waals surface area contributed by atoms with Gasteiger partial charge in [-0.05, 0) is 50.6 Å². The van der Waals surface area contributed by atoms with Gasteiger partial charge in [-0.2, -0.15) is 0 Å². The second kappa shape index (κ2) is 6.72. The summed E-state index contributed by atoms with van der Waals surface area (Å²) in [5.74, 6) is 2.79. The topological polar surface area (TPSA) is 26.3 Å². The summed E-state index contributed by atoms with van der Waals surface area (Å²) < 4.78 is 10.1. The average Bonchev–Trinajstić information content (AvgIpc) is 2.77. The monoisotopic (exact) mass is 220 g/mol. The molecule has 0 aliphatic carbocycles. The fourth-order valence-corrected chi connectivity index (χ4v) is 1.02. The standard InChI is InChI=1S/C8H10O.C5H6O.CH4/c1-6(2)8-5-4-7(3)9-8;1-5-3-2-4-6-5;/h4-5H,1H2,2-3H3;2-4H,1H3;1H4. The van der Waals surface area contributed by atoms with Crippen LogP contribution in [0.3, 0.4) is 0 Å². The number of aryl methyl sites for hydroxylation is 2. The molecule has 0 aliphatic heterocycles. The summed E-state index contributed by atoms with van der Waals surface area (Å²) in [6.07, 6.45) is 1.66. The van der Waals surface area contributed by atoms with Crippen molar-refractivity contribution in [3.8, 4) is 0 Å². The molecule has 0 radical (unpaired) electrons. The van der Waals surface area contributed by atoms with Gasteiger partial charge in [0.25, 0.3) is 0 Å². The first-order valence-electron chi connectivity index (χ1n) is 4.82. The molecule has 2 nitrogen and oxygen atoms in total. The summed E-state index contributed by atoms with van der Waals surface area (Å²) in [7, 11) is 0. The predicted octanol–water partition coefficient (Wildman–Crippen LogP) is 4.85. The molecule has 0 spiro atoms. The summed E-state index contributed by atoms with van der Waals surface area (Å²) >= 11 is 0. The van der Waals surface area contributed by atoms with Crippen molar-refractivity contribution in [1.29, 1.82) is 0 Å². The largest absolute Gasteiger partial charge is 0.470 e. The quantitative estimate of drug-likeness (QED) is 0.687. The number of furan rings is 2. The lowest BCUT2D eigenvalue weighted by atomic mass is 10.3. The van der Waals surface area contributed by atoms with Crippen LogP contribution in [0.4, 0.5) is 0 Å². The zero-order chi connectivity index (χ0) is 11.3. The van der Waals surface area contributed by atoms with Crippen molar-refractivity contribution in [3.63, 3.8) is 0 Å². The normalized spacial score (nSPS) is 8.69. The van der Waals surface area contributed by atoms with Crippen molar-refractivity contribution in [2.24, 2.45) is 0 Å². The van der Waals surface area contributed by atoms with Crippen molar-refractivity contribution in [2.75, 3.05) is 0 Å². The van der Waals surface area contributed by atoms with Gasteiger partial charge < -0.3 is 8.83 Å². The molecule has 2 heteroatoms. The Kier molecular flexibility index (Phi) is 6.01. The van der Waals surface area contributed by atoms with Crippen LogP contribution in [-0.4, -0.2) is 0 Å². The predicted molar refractivity (Wildman–Crippen MR) is 68.3 cm³/mol. The van der Waals surface area contributed by atoms with Crippen LogP contribution in [-0.2, 0) is 0 Å². The number of hydrogen-bond donors (Lipinski definition) is 0. The van der Waals surface area contributed by atoms with Gasteiger partial charge in [-0.25, -0.2) is 0 Å². The zero-order valence-electron chi connectivity index (χ0n) is 9.41. The maximum absolute atomic E-state index is 5.25. The van der Waals surface area contributed by atoms with Gasteiger partial charge in [0.2, 0.25) is 0 Å². The molecule has 88 valence electrons. The van der Waals surface area contributed by atoms with Crippen molar-refractivity contribution >= 4 is 5.57 Å². The third-order valence-corrected chi connectivity index (χ3v) is 1.82. The van der Waals surface area contributed by atoms with E-state index in [0.29, 0.717) is 0 Å². The highest BCUT2D eigenvalue weighted by atomic mass is 16.3. The molecule has 2 aromatic heterocycles. The molecule has 0 bridgehead atoms. The minimum atomic E-state index is 0. The van der Waals surface area contributed by atoms with E-state index in [0.717, 1.165) is 22.9 Å². The first kappa shape index (κ1) is 14.3. The van der Waals surface area contributed by atoms with Crippen molar-refractivity contribution in [2.45, 2.75) is 28.2 Å². The maximum Gasteiger partial charge on any atom is 0.129 e. The Morgan fingerprint density at radius 3 is 2.00 bits per heavy atom. The van der Waals surface area contributed by atoms with Gasteiger partial charge >= 0.3 is 0 Å². The molecule has 0 N–H and O–H groups in total. The molecule has 2 aromatic rings. The van der Waals surface area contributed by atoms with Gasteiger partial charge in [-0.15, -0.1) is 0 Å². The molecule has 0 unspecified atom stereocenters. The molecule has 0 fully saturated rings. The first-order valence-corrected chi connectivity index (χ1v) is 4.82. The minimum absolute atomic E-state index is 0. The van der Waals surface area contributed by atoms with E-state index in [2.05, 4.69) is 6.58 Å². The minimum Gasteiger partial charge on any atom is -0.470 e. The van der Waals surface area contributed by atoms with Gasteiger partial charge in [-0.3, -0.25) is 0 Å². The molecular formula is C14H20O2. The molecule has 0 saturated heterocycles. The van der Waals surface area contributed by atoms with Gasteiger partial charge in [0.1, 0.15) is 17.3 Å². The highest BCUT2D eigenvalue weighted by Crippen LogP contribution is 2.13. The Morgan fingerprint density at radius 1 is 1.12 bits per heavy atom. The summed E-state index contributed by atoms with van der Waals surface area (Å²) in [6.45, 7) is 9.51. The molecule has 16 heavy (non-hydrogen) atoms. The smallest absolute Gasteiger partial charge is 0.129 e. The summed E-state index contributed by atoms with van der Waals surface area (Å²) in [6, 6.07) is 7.65. The molecular weight excluding hydrogens is 200 g/mol. The van der Waals surface area contributed by atoms with Crippen LogP contribution in [0.5, 0.6) is 0 Å². The lowest BCUT2D eigenvalue weighted by Crippen LogP contribution is -1.66. The van der Waals surface area contributed by atoms with E-state index in [-0.39, 0.29) is 7.43 Å². The summed E-state index contributed by atoms with van der Waals surface area (Å²) in [4.78, 5) is 0. The first-order chi connectivity index (χ1) is 7.09. The van der Waals surface area contributed by atoms with E-state index in [1.807, 2.05) is 45.0 Å². The van der Waals surface area contributed by atoms with Crippen LogP contribution in [0.1, 0.15) is 31.6 Å². The second-order valence-electron chi connectivity index (χ2n) is 3.41. The van der Waals surface area contributed by atoms with Gasteiger partial charge in [0, 0.05) is 0 Å². The van der Waals surface area contributed by atoms with Crippen LogP contribution < -0.4 is 0 Å². The highest BCUT2D eigenvalue weighted by Gasteiger charge is 1.95. The van der Waals surface area contributed by atoms with E-state index >= 15 is 0 Å². The molecule has 2 rings (SSSR count).